The lowest BCUT2D eigenvalue weighted by Gasteiger charge is -2.07. The Kier molecular flexibility index (Phi) is 5.16. The molecule has 1 aromatic heterocycles. The number of hydrogen-bond acceptors (Lipinski definition) is 2. The van der Waals surface area contributed by atoms with Crippen LogP contribution in [0.2, 0.25) is 0 Å². The van der Waals surface area contributed by atoms with Crippen LogP contribution >= 0.6 is 15.9 Å². The largest absolute Gasteiger partial charge is 0.313 e. The molecule has 0 aliphatic carbocycles. The molecule has 1 heterocycles. The Balaban J connectivity index is 1.71. The van der Waals surface area contributed by atoms with Crippen LogP contribution in [0.25, 0.3) is 0 Å². The molecule has 2 aromatic rings. The van der Waals surface area contributed by atoms with Crippen molar-refractivity contribution in [3.8, 4) is 0 Å². The van der Waals surface area contributed by atoms with E-state index in [4.69, 9.17) is 0 Å². The van der Waals surface area contributed by atoms with Gasteiger partial charge in [-0.3, -0.25) is 5.10 Å². The van der Waals surface area contributed by atoms with Crippen molar-refractivity contribution < 1.29 is 0 Å². The molecular formula is C15H20BrN3. The molecule has 102 valence electrons. The fourth-order valence-corrected chi connectivity index (χ4v) is 2.68. The van der Waals surface area contributed by atoms with Gasteiger partial charge in [-0.1, -0.05) is 28.1 Å². The second kappa shape index (κ2) is 6.87. The van der Waals surface area contributed by atoms with E-state index in [0.717, 1.165) is 25.9 Å². The van der Waals surface area contributed by atoms with Crippen LogP contribution in [0.5, 0.6) is 0 Å². The van der Waals surface area contributed by atoms with E-state index in [1.54, 1.807) is 0 Å². The van der Waals surface area contributed by atoms with Gasteiger partial charge < -0.3 is 5.32 Å². The highest BCUT2D eigenvalue weighted by Gasteiger charge is 2.01. The molecule has 0 fully saturated rings. The van der Waals surface area contributed by atoms with E-state index in [1.807, 2.05) is 6.20 Å². The first-order valence-electron chi connectivity index (χ1n) is 6.61. The smallest absolute Gasteiger partial charge is 0.0522 e. The predicted octanol–water partition coefficient (Wildman–Crippen LogP) is 3.51. The number of nitrogens with zero attached hydrogens (tertiary/aromatic N) is 1. The zero-order valence-corrected chi connectivity index (χ0v) is 13.0. The predicted molar refractivity (Wildman–Crippen MR) is 82.2 cm³/mol. The molecule has 0 radical (unpaired) electrons. The van der Waals surface area contributed by atoms with Crippen LogP contribution in [0, 0.1) is 13.8 Å². The number of H-pyrrole nitrogens is 1. The van der Waals surface area contributed by atoms with Crippen molar-refractivity contribution in [3.63, 3.8) is 0 Å². The standard InChI is InChI=1S/C15H20BrN3/c1-11-5-6-14(15(16)8-11)9-17-7-3-4-13-10-18-19-12(13)2/h5-6,8,10,17H,3-4,7,9H2,1-2H3,(H,18,19). The van der Waals surface area contributed by atoms with E-state index < -0.39 is 0 Å². The van der Waals surface area contributed by atoms with Crippen LogP contribution < -0.4 is 5.32 Å². The lowest BCUT2D eigenvalue weighted by Crippen LogP contribution is -2.15. The maximum atomic E-state index is 4.04. The average Bonchev–Trinajstić information content (AvgIpc) is 2.77. The van der Waals surface area contributed by atoms with Gasteiger partial charge in [-0.05, 0) is 56.0 Å². The Bertz CT molecular complexity index is 534. The molecule has 2 N–H and O–H groups in total. The number of rotatable bonds is 6. The molecule has 0 atom stereocenters. The van der Waals surface area contributed by atoms with Crippen molar-refractivity contribution in [2.75, 3.05) is 6.54 Å². The van der Waals surface area contributed by atoms with Crippen molar-refractivity contribution in [1.82, 2.24) is 15.5 Å². The monoisotopic (exact) mass is 321 g/mol. The summed E-state index contributed by atoms with van der Waals surface area (Å²) in [7, 11) is 0. The number of aromatic nitrogens is 2. The van der Waals surface area contributed by atoms with Gasteiger partial charge in [0.25, 0.3) is 0 Å². The molecule has 0 saturated carbocycles. The molecular weight excluding hydrogens is 302 g/mol. The molecule has 0 saturated heterocycles. The molecule has 0 bridgehead atoms. The maximum absolute atomic E-state index is 4.04. The minimum Gasteiger partial charge on any atom is -0.313 e. The Morgan fingerprint density at radius 2 is 2.11 bits per heavy atom. The second-order valence-corrected chi connectivity index (χ2v) is 5.75. The number of benzene rings is 1. The molecule has 0 unspecified atom stereocenters. The number of aryl methyl sites for hydroxylation is 3. The zero-order valence-electron chi connectivity index (χ0n) is 11.5. The Morgan fingerprint density at radius 1 is 1.26 bits per heavy atom. The summed E-state index contributed by atoms with van der Waals surface area (Å²) in [6.07, 6.45) is 4.13. The second-order valence-electron chi connectivity index (χ2n) is 4.90. The van der Waals surface area contributed by atoms with E-state index in [2.05, 4.69) is 63.5 Å². The quantitative estimate of drug-likeness (QED) is 0.799. The summed E-state index contributed by atoms with van der Waals surface area (Å²) < 4.78 is 1.19. The topological polar surface area (TPSA) is 40.7 Å². The molecule has 0 aliphatic rings. The number of halogens is 1. The first-order chi connectivity index (χ1) is 9.16. The van der Waals surface area contributed by atoms with Gasteiger partial charge in [-0.15, -0.1) is 0 Å². The third-order valence-corrected chi connectivity index (χ3v) is 4.00. The molecule has 19 heavy (non-hydrogen) atoms. The van der Waals surface area contributed by atoms with Crippen molar-refractivity contribution in [1.29, 1.82) is 0 Å². The molecule has 2 rings (SSSR count). The summed E-state index contributed by atoms with van der Waals surface area (Å²) in [5.41, 5.74) is 5.09. The van der Waals surface area contributed by atoms with Crippen LogP contribution in [-0.2, 0) is 13.0 Å². The van der Waals surface area contributed by atoms with Gasteiger partial charge in [0, 0.05) is 16.7 Å². The summed E-state index contributed by atoms with van der Waals surface area (Å²) in [6, 6.07) is 6.48. The number of nitrogens with one attached hydrogen (secondary N) is 2. The molecule has 1 aromatic carbocycles. The Morgan fingerprint density at radius 3 is 2.79 bits per heavy atom. The summed E-state index contributed by atoms with van der Waals surface area (Å²) in [4.78, 5) is 0. The highest BCUT2D eigenvalue weighted by Crippen LogP contribution is 2.18. The molecule has 0 amide bonds. The van der Waals surface area contributed by atoms with Crippen molar-refractivity contribution in [2.24, 2.45) is 0 Å². The zero-order chi connectivity index (χ0) is 13.7. The summed E-state index contributed by atoms with van der Waals surface area (Å²) in [5, 5.41) is 10.5. The van der Waals surface area contributed by atoms with Crippen LogP contribution in [0.3, 0.4) is 0 Å². The van der Waals surface area contributed by atoms with E-state index >= 15 is 0 Å². The summed E-state index contributed by atoms with van der Waals surface area (Å²) in [6.45, 7) is 6.10. The lowest BCUT2D eigenvalue weighted by molar-refractivity contribution is 0.647. The SMILES string of the molecule is Cc1ccc(CNCCCc2cn[nH]c2C)c(Br)c1. The normalized spacial score (nSPS) is 10.9. The third kappa shape index (κ3) is 4.18. The average molecular weight is 322 g/mol. The van der Waals surface area contributed by atoms with Gasteiger partial charge in [0.2, 0.25) is 0 Å². The molecule has 0 spiro atoms. The summed E-state index contributed by atoms with van der Waals surface area (Å²) >= 11 is 3.60. The van der Waals surface area contributed by atoms with Gasteiger partial charge in [0.15, 0.2) is 0 Å². The Hall–Kier alpha value is -1.13. The van der Waals surface area contributed by atoms with Gasteiger partial charge in [-0.25, -0.2) is 0 Å². The molecule has 4 heteroatoms. The maximum Gasteiger partial charge on any atom is 0.0522 e. The van der Waals surface area contributed by atoms with E-state index in [0.29, 0.717) is 0 Å². The lowest BCUT2D eigenvalue weighted by atomic mass is 10.1. The first-order valence-corrected chi connectivity index (χ1v) is 7.40. The van der Waals surface area contributed by atoms with E-state index in [1.165, 1.54) is 26.9 Å². The van der Waals surface area contributed by atoms with E-state index in [-0.39, 0.29) is 0 Å². The van der Waals surface area contributed by atoms with Crippen LogP contribution in [-0.4, -0.2) is 16.7 Å². The van der Waals surface area contributed by atoms with Crippen molar-refractivity contribution >= 4 is 15.9 Å². The fraction of sp³-hybridized carbons (Fsp3) is 0.400. The fourth-order valence-electron chi connectivity index (χ4n) is 2.05. The van der Waals surface area contributed by atoms with Crippen LogP contribution in [0.1, 0.15) is 28.8 Å². The van der Waals surface area contributed by atoms with Gasteiger partial charge in [0.05, 0.1) is 6.20 Å². The number of hydrogen-bond donors (Lipinski definition) is 2. The van der Waals surface area contributed by atoms with Gasteiger partial charge >= 0.3 is 0 Å². The first kappa shape index (κ1) is 14.3. The highest BCUT2D eigenvalue weighted by atomic mass is 79.9. The molecule has 3 nitrogen and oxygen atoms in total. The number of aromatic amines is 1. The third-order valence-electron chi connectivity index (χ3n) is 3.26. The van der Waals surface area contributed by atoms with Crippen molar-refractivity contribution in [3.05, 3.63) is 51.3 Å². The summed E-state index contributed by atoms with van der Waals surface area (Å²) in [5.74, 6) is 0. The minimum atomic E-state index is 0.908. The van der Waals surface area contributed by atoms with Crippen molar-refractivity contribution in [2.45, 2.75) is 33.2 Å². The van der Waals surface area contributed by atoms with Gasteiger partial charge in [0.1, 0.15) is 0 Å². The molecule has 0 aliphatic heterocycles. The van der Waals surface area contributed by atoms with Crippen LogP contribution in [0.4, 0.5) is 0 Å². The van der Waals surface area contributed by atoms with E-state index in [9.17, 15) is 0 Å². The Labute approximate surface area is 122 Å². The highest BCUT2D eigenvalue weighted by molar-refractivity contribution is 9.10. The van der Waals surface area contributed by atoms with Gasteiger partial charge in [-0.2, -0.15) is 5.10 Å². The minimum absolute atomic E-state index is 0.908. The van der Waals surface area contributed by atoms with Crippen LogP contribution in [0.15, 0.2) is 28.9 Å².